The van der Waals surface area contributed by atoms with Gasteiger partial charge < -0.3 is 12.4 Å². The number of hydrogen-bond acceptors (Lipinski definition) is 0. The van der Waals surface area contributed by atoms with E-state index in [1.807, 2.05) is 0 Å². The molecule has 6 rings (SSSR count). The van der Waals surface area contributed by atoms with Crippen molar-refractivity contribution in [2.75, 3.05) is 0 Å². The average molecular weight is 846 g/mol. The molecule has 2 aromatic rings. The Morgan fingerprint density at radius 2 is 0.904 bits per heavy atom. The maximum atomic E-state index is 4.99. The van der Waals surface area contributed by atoms with Crippen LogP contribution in [0.3, 0.4) is 0 Å². The van der Waals surface area contributed by atoms with Crippen molar-refractivity contribution in [3.8, 4) is 0 Å². The van der Waals surface area contributed by atoms with E-state index in [9.17, 15) is 0 Å². The summed E-state index contributed by atoms with van der Waals surface area (Å²) in [6, 6.07) is 14.4. The average Bonchev–Trinajstić information content (AvgIpc) is 3.37. The third-order valence-corrected chi connectivity index (χ3v) is 13.2. The van der Waals surface area contributed by atoms with Gasteiger partial charge in [0.25, 0.3) is 0 Å². The van der Waals surface area contributed by atoms with E-state index in [-0.39, 0.29) is 34.3 Å². The van der Waals surface area contributed by atoms with Gasteiger partial charge in [0.1, 0.15) is 0 Å². The van der Waals surface area contributed by atoms with Gasteiger partial charge in [-0.25, -0.2) is 9.15 Å². The Bertz CT molecular complexity index is 1600. The van der Waals surface area contributed by atoms with E-state index in [1.165, 1.54) is 105 Å². The zero-order chi connectivity index (χ0) is 37.5. The number of rotatable bonds is 7. The number of para-hydroxylation sites is 2. The Kier molecular flexibility index (Phi) is 14.9. The van der Waals surface area contributed by atoms with Crippen LogP contribution in [0.25, 0.3) is 0 Å². The van der Waals surface area contributed by atoms with Crippen molar-refractivity contribution in [1.29, 1.82) is 0 Å². The fraction of sp³-hybridized carbons (Fsp3) is 0.682. The molecule has 0 aromatic heterocycles. The quantitative estimate of drug-likeness (QED) is 0.194. The minimum absolute atomic E-state index is 0. The molecule has 1 radical (unpaired) electrons. The Morgan fingerprint density at radius 3 is 1.27 bits per heavy atom. The first-order valence-corrected chi connectivity index (χ1v) is 29.9. The van der Waals surface area contributed by atoms with Crippen molar-refractivity contribution in [1.82, 2.24) is 0 Å². The summed E-state index contributed by atoms with van der Waals surface area (Å²) >= 11 is -2.06. The second-order valence-corrected chi connectivity index (χ2v) is 30.2. The number of nitrogens with zero attached hydrogens (tertiary/aromatic N) is 2. The van der Waals surface area contributed by atoms with E-state index in [0.717, 1.165) is 7.28 Å². The monoisotopic (exact) mass is 843 g/mol. The first-order valence-electron chi connectivity index (χ1n) is 20.3. The molecule has 2 aliphatic heterocycles. The van der Waals surface area contributed by atoms with Crippen molar-refractivity contribution in [2.45, 2.75) is 182 Å². The SMILES string of the molecule is Cc1cccc(C(C)C)c1[N+]1=C([BH-]C2=[N+](c3c(C(C)C)cccc3C(C)C)C(C)(C)CC23CCCCC3)C2(CCCCC2)CC1(C)C.[Cl-].[Cl][Ga]([Cl])[Cl]. The van der Waals surface area contributed by atoms with E-state index < -0.39 is 13.2 Å². The van der Waals surface area contributed by atoms with Gasteiger partial charge in [-0.15, -0.1) is 0 Å². The first kappa shape index (κ1) is 44.4. The molecule has 2 saturated carbocycles. The van der Waals surface area contributed by atoms with E-state index in [0.29, 0.717) is 17.8 Å². The molecule has 2 aliphatic carbocycles. The van der Waals surface area contributed by atoms with E-state index in [1.54, 1.807) is 16.9 Å². The van der Waals surface area contributed by atoms with E-state index in [4.69, 9.17) is 28.9 Å². The van der Waals surface area contributed by atoms with E-state index in [2.05, 4.69) is 122 Å². The summed E-state index contributed by atoms with van der Waals surface area (Å²) in [6.45, 7) is 27.2. The maximum absolute atomic E-state index is 4.99. The Hall–Kier alpha value is -0.359. The second kappa shape index (κ2) is 17.4. The molecule has 0 amide bonds. The van der Waals surface area contributed by atoms with Crippen LogP contribution >= 0.6 is 28.9 Å². The van der Waals surface area contributed by atoms with Gasteiger partial charge >= 0.3 is 42.1 Å². The van der Waals surface area contributed by atoms with Crippen LogP contribution in [0, 0.1) is 17.8 Å². The number of hydrogen-bond donors (Lipinski definition) is 0. The molecule has 8 heteroatoms. The third-order valence-electron chi connectivity index (χ3n) is 13.2. The van der Waals surface area contributed by atoms with Crippen LogP contribution in [0.2, 0.25) is 0 Å². The topological polar surface area (TPSA) is 6.02 Å². The van der Waals surface area contributed by atoms with Crippen molar-refractivity contribution in [3.63, 3.8) is 0 Å². The summed E-state index contributed by atoms with van der Waals surface area (Å²) in [5.41, 5.74) is 13.4. The van der Waals surface area contributed by atoms with Crippen LogP contribution in [0.1, 0.15) is 186 Å². The standard InChI is InChI=1S/C44H67BN2.4ClH.Ga/c1-30(2)34-21-18-20-33(7)37(34)46-39(43(28-41(46,8)9)24-14-12-15-25-43)45-40-44(26-16-13-17-27-44)29-42(10,11)47(40)38-35(31(3)4)22-19-23-36(38)32(5)6;;;;;/h18-23,30-32,45H,12-17,24-29H2,1-11H3;4*1H;/q+1;;;;;+3/p-4. The molecule has 4 aliphatic rings. The molecule has 0 unspecified atom stereocenters. The summed E-state index contributed by atoms with van der Waals surface area (Å²) in [5, 5.41) is 0. The second-order valence-electron chi connectivity index (χ2n) is 18.9. The molecule has 2 nitrogen and oxygen atoms in total. The van der Waals surface area contributed by atoms with Crippen LogP contribution in [0.15, 0.2) is 36.4 Å². The van der Waals surface area contributed by atoms with Crippen molar-refractivity contribution >= 4 is 72.0 Å². The molecule has 2 heterocycles. The van der Waals surface area contributed by atoms with Gasteiger partial charge in [0.05, 0.1) is 7.28 Å². The molecule has 2 fully saturated rings. The van der Waals surface area contributed by atoms with Crippen molar-refractivity contribution in [3.05, 3.63) is 58.7 Å². The van der Waals surface area contributed by atoms with Gasteiger partial charge in [0, 0.05) is 73.6 Å². The van der Waals surface area contributed by atoms with Gasteiger partial charge in [0.15, 0.2) is 11.1 Å². The zero-order valence-corrected chi connectivity index (χ0v) is 39.8. The van der Waals surface area contributed by atoms with Gasteiger partial charge in [0.2, 0.25) is 11.4 Å². The van der Waals surface area contributed by atoms with Crippen LogP contribution in [-0.4, -0.2) is 51.9 Å². The molecule has 0 atom stereocenters. The first-order chi connectivity index (χ1) is 23.9. The fourth-order valence-electron chi connectivity index (χ4n) is 11.4. The number of aryl methyl sites for hydroxylation is 1. The predicted octanol–water partition coefficient (Wildman–Crippen LogP) is 10.5. The Labute approximate surface area is 342 Å². The van der Waals surface area contributed by atoms with Crippen LogP contribution in [0.5, 0.6) is 0 Å². The predicted molar refractivity (Wildman–Crippen MR) is 229 cm³/mol. The summed E-state index contributed by atoms with van der Waals surface area (Å²) in [4.78, 5) is 0. The summed E-state index contributed by atoms with van der Waals surface area (Å²) in [6.07, 6.45) is 16.3. The van der Waals surface area contributed by atoms with Gasteiger partial charge in [-0.2, -0.15) is 0 Å². The molecule has 0 N–H and O–H groups in total. The Balaban J connectivity index is 0.00000115. The van der Waals surface area contributed by atoms with Gasteiger partial charge in [-0.05, 0) is 61.6 Å². The normalized spacial score (nSPS) is 21.6. The molecule has 2 aromatic carbocycles. The summed E-state index contributed by atoms with van der Waals surface area (Å²) in [5.74, 6) is 1.47. The minimum atomic E-state index is -2.06. The summed E-state index contributed by atoms with van der Waals surface area (Å²) in [7, 11) is 16.1. The molecule has 2 spiro atoms. The van der Waals surface area contributed by atoms with Crippen molar-refractivity contribution in [2.24, 2.45) is 10.8 Å². The van der Waals surface area contributed by atoms with Gasteiger partial charge in [-0.1, -0.05) is 116 Å². The number of benzene rings is 2. The van der Waals surface area contributed by atoms with E-state index >= 15 is 0 Å². The molecule has 0 saturated heterocycles. The van der Waals surface area contributed by atoms with Crippen LogP contribution < -0.4 is 12.4 Å². The molecule has 287 valence electrons. The molecule has 52 heavy (non-hydrogen) atoms. The third kappa shape index (κ3) is 8.78. The number of halogens is 4. The van der Waals surface area contributed by atoms with Crippen LogP contribution in [-0.2, 0) is 0 Å². The fourth-order valence-corrected chi connectivity index (χ4v) is 11.4. The summed E-state index contributed by atoms with van der Waals surface area (Å²) < 4.78 is 5.96. The Morgan fingerprint density at radius 1 is 0.577 bits per heavy atom. The molecular formula is C44H67BCl4GaN2. The molecular weight excluding hydrogens is 779 g/mol. The zero-order valence-electron chi connectivity index (χ0n) is 34.4. The van der Waals surface area contributed by atoms with Gasteiger partial charge in [-0.3, -0.25) is 0 Å². The molecule has 0 bridgehead atoms. The van der Waals surface area contributed by atoms with Crippen molar-refractivity contribution < 1.29 is 21.6 Å². The van der Waals surface area contributed by atoms with Crippen LogP contribution in [0.4, 0.5) is 11.4 Å².